The first-order valence-corrected chi connectivity index (χ1v) is 8.17. The highest BCUT2D eigenvalue weighted by Crippen LogP contribution is 2.35. The van der Waals surface area contributed by atoms with E-state index in [0.29, 0.717) is 17.3 Å². The van der Waals surface area contributed by atoms with Gasteiger partial charge in [0.05, 0.1) is 18.3 Å². The van der Waals surface area contributed by atoms with Gasteiger partial charge in [-0.25, -0.2) is 9.97 Å². The van der Waals surface area contributed by atoms with Crippen LogP contribution in [0.5, 0.6) is 5.75 Å². The minimum atomic E-state index is 0.375. The number of pyridine rings is 2. The lowest BCUT2D eigenvalue weighted by Gasteiger charge is -2.10. The van der Waals surface area contributed by atoms with Gasteiger partial charge >= 0.3 is 0 Å². The van der Waals surface area contributed by atoms with Crippen molar-refractivity contribution in [2.24, 2.45) is 0 Å². The van der Waals surface area contributed by atoms with Crippen molar-refractivity contribution in [3.63, 3.8) is 0 Å². The summed E-state index contributed by atoms with van der Waals surface area (Å²) in [6.07, 6.45) is 3.45. The molecule has 25 heavy (non-hydrogen) atoms. The Morgan fingerprint density at radius 1 is 1.16 bits per heavy atom. The predicted octanol–water partition coefficient (Wildman–Crippen LogP) is 4.70. The molecule has 0 saturated carbocycles. The molecule has 0 aliphatic rings. The Balaban J connectivity index is 1.95. The van der Waals surface area contributed by atoms with Crippen LogP contribution in [-0.4, -0.2) is 21.6 Å². The topological polar surface area (TPSA) is 74.6 Å². The number of nitrogens with one attached hydrogen (secondary N) is 1. The first-order valence-electron chi connectivity index (χ1n) is 7.80. The lowest BCUT2D eigenvalue weighted by atomic mass is 10.0. The van der Waals surface area contributed by atoms with Gasteiger partial charge in [0.1, 0.15) is 23.2 Å². The maximum absolute atomic E-state index is 9.09. The lowest BCUT2D eigenvalue weighted by molar-refractivity contribution is 0.341. The number of rotatable bonds is 3. The molecule has 0 saturated heterocycles. The molecule has 0 spiro atoms. The van der Waals surface area contributed by atoms with Crippen LogP contribution < -0.4 is 4.74 Å². The molecular weight excluding hydrogens is 336 g/mol. The second-order valence-corrected chi connectivity index (χ2v) is 5.98. The highest BCUT2D eigenvalue weighted by Gasteiger charge is 2.12. The van der Waals surface area contributed by atoms with Crippen molar-refractivity contribution < 1.29 is 4.74 Å². The second-order valence-electron chi connectivity index (χ2n) is 5.55. The van der Waals surface area contributed by atoms with Crippen molar-refractivity contribution in [3.05, 3.63) is 53.4 Å². The molecule has 0 atom stereocenters. The fraction of sp³-hybridized carbons (Fsp3) is 0.105. The lowest BCUT2D eigenvalue weighted by Crippen LogP contribution is -1.94. The van der Waals surface area contributed by atoms with Crippen LogP contribution in [0, 0.1) is 11.3 Å². The van der Waals surface area contributed by atoms with E-state index in [0.717, 1.165) is 38.8 Å². The molecule has 0 bridgehead atoms. The van der Waals surface area contributed by atoms with Gasteiger partial charge in [-0.2, -0.15) is 5.26 Å². The van der Waals surface area contributed by atoms with Crippen molar-refractivity contribution in [2.75, 3.05) is 6.61 Å². The summed E-state index contributed by atoms with van der Waals surface area (Å²) in [4.78, 5) is 11.8. The van der Waals surface area contributed by atoms with E-state index in [-0.39, 0.29) is 0 Å². The smallest absolute Gasteiger partial charge is 0.141 e. The quantitative estimate of drug-likeness (QED) is 0.582. The molecule has 0 radical (unpaired) electrons. The average molecular weight is 349 g/mol. The first-order chi connectivity index (χ1) is 12.2. The van der Waals surface area contributed by atoms with E-state index < -0.39 is 0 Å². The van der Waals surface area contributed by atoms with Crippen molar-refractivity contribution in [3.8, 4) is 22.9 Å². The van der Waals surface area contributed by atoms with Crippen molar-refractivity contribution in [2.45, 2.75) is 6.92 Å². The minimum Gasteiger partial charge on any atom is -0.493 e. The number of ether oxygens (including phenoxy) is 1. The molecule has 4 rings (SSSR count). The molecule has 122 valence electrons. The number of halogens is 1. The van der Waals surface area contributed by atoms with E-state index in [2.05, 4.69) is 21.0 Å². The van der Waals surface area contributed by atoms with Gasteiger partial charge in [-0.3, -0.25) is 0 Å². The number of fused-ring (bicyclic) bond motifs is 3. The number of hydrogen-bond donors (Lipinski definition) is 1. The summed E-state index contributed by atoms with van der Waals surface area (Å²) in [5, 5.41) is 11.6. The molecule has 0 aliphatic heterocycles. The third kappa shape index (κ3) is 2.67. The van der Waals surface area contributed by atoms with Crippen LogP contribution in [0.4, 0.5) is 0 Å². The highest BCUT2D eigenvalue weighted by atomic mass is 35.5. The van der Waals surface area contributed by atoms with Crippen LogP contribution in [0.25, 0.3) is 33.1 Å². The summed E-state index contributed by atoms with van der Waals surface area (Å²) >= 11 is 6.09. The maximum atomic E-state index is 9.09. The van der Waals surface area contributed by atoms with Gasteiger partial charge in [-0.1, -0.05) is 11.6 Å². The fourth-order valence-electron chi connectivity index (χ4n) is 2.89. The molecule has 6 heteroatoms. The monoisotopic (exact) mass is 348 g/mol. The number of aromatic nitrogens is 3. The zero-order chi connectivity index (χ0) is 17.4. The fourth-order valence-corrected chi connectivity index (χ4v) is 3.06. The Morgan fingerprint density at radius 3 is 2.84 bits per heavy atom. The SMILES string of the molecule is CCOc1cc(Cl)ccc1-c1cnc2[nH]c3cnc(C#N)cc3c2c1. The highest BCUT2D eigenvalue weighted by molar-refractivity contribution is 6.30. The summed E-state index contributed by atoms with van der Waals surface area (Å²) in [5.41, 5.74) is 3.82. The molecule has 5 nitrogen and oxygen atoms in total. The summed E-state index contributed by atoms with van der Waals surface area (Å²) in [6.45, 7) is 2.48. The summed E-state index contributed by atoms with van der Waals surface area (Å²) < 4.78 is 5.72. The number of hydrogen-bond acceptors (Lipinski definition) is 4. The third-order valence-corrected chi connectivity index (χ3v) is 4.24. The third-order valence-electron chi connectivity index (χ3n) is 4.00. The van der Waals surface area contributed by atoms with Gasteiger partial charge in [-0.05, 0) is 37.3 Å². The number of aromatic amines is 1. The average Bonchev–Trinajstić information content (AvgIpc) is 2.99. The van der Waals surface area contributed by atoms with Crippen LogP contribution in [0.2, 0.25) is 5.02 Å². The van der Waals surface area contributed by atoms with Gasteiger partial charge < -0.3 is 9.72 Å². The predicted molar refractivity (Wildman–Crippen MR) is 97.7 cm³/mol. The van der Waals surface area contributed by atoms with Crippen LogP contribution in [0.15, 0.2) is 42.7 Å². The second kappa shape index (κ2) is 6.08. The first kappa shape index (κ1) is 15.4. The van der Waals surface area contributed by atoms with Crippen molar-refractivity contribution >= 4 is 33.5 Å². The van der Waals surface area contributed by atoms with Crippen LogP contribution in [-0.2, 0) is 0 Å². The molecule has 4 aromatic rings. The molecule has 0 amide bonds. The molecule has 1 aromatic carbocycles. The van der Waals surface area contributed by atoms with Crippen molar-refractivity contribution in [1.82, 2.24) is 15.0 Å². The number of nitrogens with zero attached hydrogens (tertiary/aromatic N) is 3. The van der Waals surface area contributed by atoms with Gasteiger partial charge in [-0.15, -0.1) is 0 Å². The van der Waals surface area contributed by atoms with Gasteiger partial charge in [0.25, 0.3) is 0 Å². The van der Waals surface area contributed by atoms with Gasteiger partial charge in [0, 0.05) is 33.1 Å². The number of H-pyrrole nitrogens is 1. The molecule has 3 aromatic heterocycles. The summed E-state index contributed by atoms with van der Waals surface area (Å²) in [7, 11) is 0. The molecule has 0 aliphatic carbocycles. The van der Waals surface area contributed by atoms with Crippen LogP contribution in [0.1, 0.15) is 12.6 Å². The van der Waals surface area contributed by atoms with E-state index in [1.54, 1.807) is 24.5 Å². The van der Waals surface area contributed by atoms with Gasteiger partial charge in [0.2, 0.25) is 0 Å². The summed E-state index contributed by atoms with van der Waals surface area (Å²) in [6, 6.07) is 11.4. The summed E-state index contributed by atoms with van der Waals surface area (Å²) in [5.74, 6) is 0.718. The van der Waals surface area contributed by atoms with Crippen molar-refractivity contribution in [1.29, 1.82) is 5.26 Å². The van der Waals surface area contributed by atoms with E-state index in [9.17, 15) is 0 Å². The minimum absolute atomic E-state index is 0.375. The zero-order valence-electron chi connectivity index (χ0n) is 13.4. The zero-order valence-corrected chi connectivity index (χ0v) is 14.1. The van der Waals surface area contributed by atoms with E-state index in [1.165, 1.54) is 0 Å². The molecule has 3 heterocycles. The van der Waals surface area contributed by atoms with E-state index in [1.807, 2.05) is 25.1 Å². The van der Waals surface area contributed by atoms with Crippen LogP contribution in [0.3, 0.4) is 0 Å². The molecular formula is C19H13ClN4O. The maximum Gasteiger partial charge on any atom is 0.141 e. The molecule has 1 N–H and O–H groups in total. The Morgan fingerprint density at radius 2 is 2.04 bits per heavy atom. The number of nitriles is 1. The van der Waals surface area contributed by atoms with Gasteiger partial charge in [0.15, 0.2) is 0 Å². The Kier molecular flexibility index (Phi) is 3.75. The number of benzene rings is 1. The van der Waals surface area contributed by atoms with Crippen LogP contribution >= 0.6 is 11.6 Å². The van der Waals surface area contributed by atoms with E-state index >= 15 is 0 Å². The Labute approximate surface area is 148 Å². The molecule has 0 unspecified atom stereocenters. The normalized spacial score (nSPS) is 10.9. The standard InChI is InChI=1S/C19H13ClN4O/c1-2-25-18-6-12(20)3-4-14(18)11-5-16-15-7-13(8-21)22-10-17(15)24-19(16)23-9-11/h3-7,9-10H,2H2,1H3,(H,23,24). The Hall–Kier alpha value is -3.10. The Bertz CT molecular complexity index is 1140. The van der Waals surface area contributed by atoms with E-state index in [4.69, 9.17) is 21.6 Å². The largest absolute Gasteiger partial charge is 0.493 e. The molecule has 0 fully saturated rings.